The van der Waals surface area contributed by atoms with Gasteiger partial charge in [0.15, 0.2) is 0 Å². The third-order valence-corrected chi connectivity index (χ3v) is 3.09. The Morgan fingerprint density at radius 1 is 1.06 bits per heavy atom. The number of carboxylic acids is 1. The molecule has 0 saturated heterocycles. The summed E-state index contributed by atoms with van der Waals surface area (Å²) in [6.45, 7) is 6.10. The van der Waals surface area contributed by atoms with Crippen LogP contribution in [0, 0.1) is 20.8 Å². The average Bonchev–Trinajstić information content (AvgIpc) is 2.22. The number of carbonyl (C=O) groups is 1. The van der Waals surface area contributed by atoms with Crippen molar-refractivity contribution in [2.24, 2.45) is 0 Å². The van der Waals surface area contributed by atoms with Gasteiger partial charge >= 0.3 is 5.97 Å². The van der Waals surface area contributed by atoms with Gasteiger partial charge in [-0.2, -0.15) is 0 Å². The maximum absolute atomic E-state index is 10.9. The number of carboxylic acid groups (broad SMARTS) is 1. The lowest BCUT2D eigenvalue weighted by Gasteiger charge is -2.10. The molecule has 0 unspecified atom stereocenters. The van der Waals surface area contributed by atoms with Crippen molar-refractivity contribution in [2.75, 3.05) is 0 Å². The van der Waals surface area contributed by atoms with E-state index in [1.54, 1.807) is 12.1 Å². The Bertz CT molecular complexity index is 583. The number of aromatic carboxylic acids is 1. The van der Waals surface area contributed by atoms with Gasteiger partial charge in [0.2, 0.25) is 0 Å². The number of hydrogen-bond donors (Lipinski definition) is 1. The van der Waals surface area contributed by atoms with Crippen molar-refractivity contribution in [3.63, 3.8) is 0 Å². The molecule has 16 heavy (non-hydrogen) atoms. The van der Waals surface area contributed by atoms with Crippen molar-refractivity contribution in [3.8, 4) is 0 Å². The summed E-state index contributed by atoms with van der Waals surface area (Å²) in [5, 5.41) is 11.2. The highest BCUT2D eigenvalue weighted by atomic mass is 16.4. The summed E-state index contributed by atoms with van der Waals surface area (Å²) < 4.78 is 0. The Morgan fingerprint density at radius 2 is 1.75 bits per heavy atom. The molecule has 0 heterocycles. The summed E-state index contributed by atoms with van der Waals surface area (Å²) in [7, 11) is 0. The maximum Gasteiger partial charge on any atom is 0.335 e. The molecule has 0 aliphatic heterocycles. The molecule has 2 heteroatoms. The van der Waals surface area contributed by atoms with E-state index in [-0.39, 0.29) is 0 Å². The number of rotatable bonds is 1. The topological polar surface area (TPSA) is 37.3 Å². The van der Waals surface area contributed by atoms with E-state index in [0.717, 1.165) is 10.9 Å². The van der Waals surface area contributed by atoms with Crippen molar-refractivity contribution in [3.05, 3.63) is 46.5 Å². The van der Waals surface area contributed by atoms with Gasteiger partial charge in [0.05, 0.1) is 5.56 Å². The molecule has 2 aromatic rings. The predicted molar refractivity (Wildman–Crippen MR) is 65.1 cm³/mol. The first-order chi connectivity index (χ1) is 7.50. The third kappa shape index (κ3) is 1.56. The molecule has 82 valence electrons. The van der Waals surface area contributed by atoms with E-state index in [1.807, 2.05) is 19.1 Å². The second-order valence-corrected chi connectivity index (χ2v) is 4.20. The van der Waals surface area contributed by atoms with Crippen LogP contribution in [0.1, 0.15) is 27.0 Å². The molecular formula is C14H14O2. The van der Waals surface area contributed by atoms with Crippen LogP contribution in [0.2, 0.25) is 0 Å². The van der Waals surface area contributed by atoms with Crippen molar-refractivity contribution in [1.82, 2.24) is 0 Å². The number of fused-ring (bicyclic) bond motifs is 1. The van der Waals surface area contributed by atoms with Crippen molar-refractivity contribution >= 4 is 16.7 Å². The molecule has 0 aliphatic rings. The molecule has 0 radical (unpaired) electrons. The molecule has 2 nitrogen and oxygen atoms in total. The van der Waals surface area contributed by atoms with Gasteiger partial charge in [0.1, 0.15) is 0 Å². The van der Waals surface area contributed by atoms with E-state index in [9.17, 15) is 4.79 Å². The quantitative estimate of drug-likeness (QED) is 0.789. The van der Waals surface area contributed by atoms with Crippen LogP contribution in [0.5, 0.6) is 0 Å². The molecule has 0 aromatic heterocycles. The first-order valence-electron chi connectivity index (χ1n) is 5.24. The zero-order chi connectivity index (χ0) is 11.9. The number of benzene rings is 2. The van der Waals surface area contributed by atoms with Gasteiger partial charge in [-0.15, -0.1) is 0 Å². The van der Waals surface area contributed by atoms with Crippen LogP contribution in [0.15, 0.2) is 24.3 Å². The van der Waals surface area contributed by atoms with Gasteiger partial charge in [-0.05, 0) is 60.4 Å². The highest BCUT2D eigenvalue weighted by molar-refractivity contribution is 5.97. The largest absolute Gasteiger partial charge is 0.478 e. The molecule has 2 aromatic carbocycles. The highest BCUT2D eigenvalue weighted by Gasteiger charge is 2.09. The van der Waals surface area contributed by atoms with E-state index in [1.165, 1.54) is 16.5 Å². The normalized spacial score (nSPS) is 10.7. The fourth-order valence-electron chi connectivity index (χ4n) is 2.12. The van der Waals surface area contributed by atoms with Gasteiger partial charge < -0.3 is 5.11 Å². The van der Waals surface area contributed by atoms with Gasteiger partial charge in [0.25, 0.3) is 0 Å². The standard InChI is InChI=1S/C14H14O2/c1-8-4-5-11-7-12(14(15)16)6-9(2)13(11)10(8)3/h4-7H,1-3H3,(H,15,16). The maximum atomic E-state index is 10.9. The Hall–Kier alpha value is -1.83. The van der Waals surface area contributed by atoms with Gasteiger partial charge in [-0.1, -0.05) is 12.1 Å². The molecule has 0 fully saturated rings. The summed E-state index contributed by atoms with van der Waals surface area (Å²) in [4.78, 5) is 10.9. The second kappa shape index (κ2) is 3.63. The minimum Gasteiger partial charge on any atom is -0.478 e. The van der Waals surface area contributed by atoms with Crippen LogP contribution in [0.3, 0.4) is 0 Å². The summed E-state index contributed by atoms with van der Waals surface area (Å²) in [6.07, 6.45) is 0. The average molecular weight is 214 g/mol. The van der Waals surface area contributed by atoms with Crippen LogP contribution < -0.4 is 0 Å². The van der Waals surface area contributed by atoms with Crippen LogP contribution in [0.4, 0.5) is 0 Å². The van der Waals surface area contributed by atoms with Crippen LogP contribution in [-0.4, -0.2) is 11.1 Å². The SMILES string of the molecule is Cc1ccc2cc(C(=O)O)cc(C)c2c1C. The van der Waals surface area contributed by atoms with Crippen molar-refractivity contribution in [2.45, 2.75) is 20.8 Å². The van der Waals surface area contributed by atoms with E-state index in [2.05, 4.69) is 13.8 Å². The molecule has 2 rings (SSSR count). The van der Waals surface area contributed by atoms with Gasteiger partial charge in [0, 0.05) is 0 Å². The summed E-state index contributed by atoms with van der Waals surface area (Å²) in [5.74, 6) is -0.872. The molecule has 0 bridgehead atoms. The van der Waals surface area contributed by atoms with Crippen molar-refractivity contribution < 1.29 is 9.90 Å². The summed E-state index contributed by atoms with van der Waals surface area (Å²) in [5.41, 5.74) is 3.84. The molecule has 1 N–H and O–H groups in total. The molecule has 0 aliphatic carbocycles. The zero-order valence-electron chi connectivity index (χ0n) is 9.66. The van der Waals surface area contributed by atoms with Crippen molar-refractivity contribution in [1.29, 1.82) is 0 Å². The highest BCUT2D eigenvalue weighted by Crippen LogP contribution is 2.26. The van der Waals surface area contributed by atoms with E-state index >= 15 is 0 Å². The Morgan fingerprint density at radius 3 is 2.38 bits per heavy atom. The fourth-order valence-corrected chi connectivity index (χ4v) is 2.12. The van der Waals surface area contributed by atoms with E-state index < -0.39 is 5.97 Å². The van der Waals surface area contributed by atoms with Crippen LogP contribution in [0.25, 0.3) is 10.8 Å². The minimum atomic E-state index is -0.872. The molecule has 0 saturated carbocycles. The molecule has 0 amide bonds. The lowest BCUT2D eigenvalue weighted by Crippen LogP contribution is -1.98. The zero-order valence-corrected chi connectivity index (χ0v) is 9.66. The lowest BCUT2D eigenvalue weighted by molar-refractivity contribution is 0.0697. The minimum absolute atomic E-state index is 0.355. The third-order valence-electron chi connectivity index (χ3n) is 3.09. The Labute approximate surface area is 94.5 Å². The first-order valence-corrected chi connectivity index (χ1v) is 5.24. The Kier molecular flexibility index (Phi) is 2.43. The molecule has 0 atom stereocenters. The first kappa shape index (κ1) is 10.7. The number of hydrogen-bond acceptors (Lipinski definition) is 1. The van der Waals surface area contributed by atoms with E-state index in [4.69, 9.17) is 5.11 Å². The van der Waals surface area contributed by atoms with Gasteiger partial charge in [-0.25, -0.2) is 4.79 Å². The van der Waals surface area contributed by atoms with Crippen LogP contribution in [-0.2, 0) is 0 Å². The predicted octanol–water partition coefficient (Wildman–Crippen LogP) is 3.46. The monoisotopic (exact) mass is 214 g/mol. The van der Waals surface area contributed by atoms with Crippen LogP contribution >= 0.6 is 0 Å². The lowest BCUT2D eigenvalue weighted by atomic mass is 9.95. The smallest absolute Gasteiger partial charge is 0.335 e. The molecule has 0 spiro atoms. The van der Waals surface area contributed by atoms with Gasteiger partial charge in [-0.3, -0.25) is 0 Å². The summed E-state index contributed by atoms with van der Waals surface area (Å²) >= 11 is 0. The number of aryl methyl sites for hydroxylation is 3. The fraction of sp³-hybridized carbons (Fsp3) is 0.214. The second-order valence-electron chi connectivity index (χ2n) is 4.20. The van der Waals surface area contributed by atoms with E-state index in [0.29, 0.717) is 5.56 Å². The molecular weight excluding hydrogens is 200 g/mol. The summed E-state index contributed by atoms with van der Waals surface area (Å²) in [6, 6.07) is 7.48. The Balaban J connectivity index is 2.86.